The summed E-state index contributed by atoms with van der Waals surface area (Å²) in [6.45, 7) is 4.96. The normalized spacial score (nSPS) is 12.7. The van der Waals surface area contributed by atoms with Gasteiger partial charge in [0.25, 0.3) is 5.91 Å². The molecule has 8 heteroatoms. The maximum Gasteiger partial charge on any atom is 0.287 e. The quantitative estimate of drug-likeness (QED) is 0.614. The van der Waals surface area contributed by atoms with E-state index in [0.29, 0.717) is 29.2 Å². The van der Waals surface area contributed by atoms with E-state index in [1.807, 2.05) is 6.07 Å². The van der Waals surface area contributed by atoms with Crippen molar-refractivity contribution in [1.29, 1.82) is 0 Å². The largest absolute Gasteiger partial charge is 0.507 e. The fraction of sp³-hybridized carbons (Fsp3) is 0.286. The van der Waals surface area contributed by atoms with Gasteiger partial charge in [-0.25, -0.2) is 0 Å². The molecule has 150 valence electrons. The third-order valence-corrected chi connectivity index (χ3v) is 5.19. The second kappa shape index (κ2) is 7.12. The first kappa shape index (κ1) is 18.8. The molecule has 1 aliphatic heterocycles. The number of methoxy groups -OCH3 is 1. The summed E-state index contributed by atoms with van der Waals surface area (Å²) in [5.74, 6) is 0.713. The lowest BCUT2D eigenvalue weighted by atomic mass is 9.94. The molecule has 4 rings (SSSR count). The fourth-order valence-electron chi connectivity index (χ4n) is 3.74. The molecule has 2 heterocycles. The Morgan fingerprint density at radius 2 is 2.00 bits per heavy atom. The Morgan fingerprint density at radius 1 is 1.28 bits per heavy atom. The summed E-state index contributed by atoms with van der Waals surface area (Å²) < 4.78 is 6.78. The van der Waals surface area contributed by atoms with Crippen LogP contribution in [0.1, 0.15) is 41.5 Å². The van der Waals surface area contributed by atoms with Crippen LogP contribution in [0, 0.1) is 0 Å². The Labute approximate surface area is 168 Å². The first-order valence-corrected chi connectivity index (χ1v) is 9.45. The minimum absolute atomic E-state index is 0.00529. The van der Waals surface area contributed by atoms with E-state index in [9.17, 15) is 9.90 Å². The number of carbonyl (C=O) groups excluding carboxylic acids is 1. The van der Waals surface area contributed by atoms with E-state index in [0.717, 1.165) is 23.4 Å². The Hall–Kier alpha value is -3.55. The Morgan fingerprint density at radius 3 is 2.62 bits per heavy atom. The maximum absolute atomic E-state index is 12.0. The van der Waals surface area contributed by atoms with Crippen molar-refractivity contribution in [3.63, 3.8) is 0 Å². The van der Waals surface area contributed by atoms with E-state index in [4.69, 9.17) is 10.5 Å². The van der Waals surface area contributed by atoms with Gasteiger partial charge in [-0.05, 0) is 48.2 Å². The molecule has 4 N–H and O–H groups in total. The Kier molecular flexibility index (Phi) is 4.62. The number of aromatic nitrogens is 3. The molecule has 0 saturated heterocycles. The van der Waals surface area contributed by atoms with E-state index in [-0.39, 0.29) is 17.5 Å². The molecule has 1 amide bonds. The van der Waals surface area contributed by atoms with Gasteiger partial charge in [-0.15, -0.1) is 10.2 Å². The second-order valence-corrected chi connectivity index (χ2v) is 7.29. The van der Waals surface area contributed by atoms with Crippen LogP contribution >= 0.6 is 0 Å². The van der Waals surface area contributed by atoms with Crippen LogP contribution in [-0.4, -0.2) is 39.4 Å². The number of nitrogens with two attached hydrogens (primary N) is 1. The number of nitrogens with zero attached hydrogens (tertiary/aromatic N) is 3. The van der Waals surface area contributed by atoms with Gasteiger partial charge in [0, 0.05) is 23.5 Å². The van der Waals surface area contributed by atoms with Gasteiger partial charge < -0.3 is 20.9 Å². The molecular formula is C21H23N5O3. The first-order chi connectivity index (χ1) is 13.9. The van der Waals surface area contributed by atoms with Gasteiger partial charge >= 0.3 is 0 Å². The highest BCUT2D eigenvalue weighted by molar-refractivity contribution is 5.91. The summed E-state index contributed by atoms with van der Waals surface area (Å²) in [5, 5.41) is 22.6. The number of phenolic OH excluding ortho intramolecular Hbond substituents is 1. The van der Waals surface area contributed by atoms with Crippen molar-refractivity contribution in [2.24, 2.45) is 5.73 Å². The molecular weight excluding hydrogens is 370 g/mol. The zero-order valence-electron chi connectivity index (χ0n) is 16.6. The van der Waals surface area contributed by atoms with Gasteiger partial charge in [0.1, 0.15) is 11.5 Å². The third-order valence-electron chi connectivity index (χ3n) is 5.19. The van der Waals surface area contributed by atoms with Crippen molar-refractivity contribution < 1.29 is 14.6 Å². The van der Waals surface area contributed by atoms with Crippen molar-refractivity contribution in [2.45, 2.75) is 26.2 Å². The maximum atomic E-state index is 12.0. The molecule has 3 aromatic rings. The molecule has 0 bridgehead atoms. The number of rotatable bonds is 5. The summed E-state index contributed by atoms with van der Waals surface area (Å²) in [7, 11) is 1.58. The van der Waals surface area contributed by atoms with Gasteiger partial charge in [-0.3, -0.25) is 9.36 Å². The van der Waals surface area contributed by atoms with Crippen LogP contribution in [0.2, 0.25) is 0 Å². The number of hydrogen-bond donors (Lipinski definition) is 3. The van der Waals surface area contributed by atoms with Crippen LogP contribution in [-0.2, 0) is 6.42 Å². The average molecular weight is 393 g/mol. The zero-order valence-corrected chi connectivity index (χ0v) is 16.6. The Balaban J connectivity index is 1.97. The van der Waals surface area contributed by atoms with Gasteiger partial charge in [0.05, 0.1) is 12.7 Å². The fourth-order valence-corrected chi connectivity index (χ4v) is 3.74. The predicted molar refractivity (Wildman–Crippen MR) is 110 cm³/mol. The summed E-state index contributed by atoms with van der Waals surface area (Å²) in [6, 6.07) is 9.03. The molecule has 29 heavy (non-hydrogen) atoms. The molecule has 0 aliphatic carbocycles. The van der Waals surface area contributed by atoms with Gasteiger partial charge in [-0.1, -0.05) is 13.8 Å². The van der Waals surface area contributed by atoms with Gasteiger partial charge in [-0.2, -0.15) is 0 Å². The predicted octanol–water partition coefficient (Wildman–Crippen LogP) is 2.84. The summed E-state index contributed by atoms with van der Waals surface area (Å²) in [5.41, 5.74) is 9.62. The lowest BCUT2D eigenvalue weighted by Gasteiger charge is -2.17. The van der Waals surface area contributed by atoms with Gasteiger partial charge in [0.15, 0.2) is 5.82 Å². The van der Waals surface area contributed by atoms with Crippen molar-refractivity contribution in [2.75, 3.05) is 19.0 Å². The molecule has 0 spiro atoms. The van der Waals surface area contributed by atoms with Crippen molar-refractivity contribution >= 4 is 11.6 Å². The number of hydrogen-bond acceptors (Lipinski definition) is 6. The molecule has 2 aromatic carbocycles. The SMILES string of the molecule is COc1ccc(-n2c(C(N)=O)nnc2-c2cc(C(C)C)c3c(c2O)CCN3)cc1. The molecule has 0 atom stereocenters. The number of primary amides is 1. The Bertz CT molecular complexity index is 1090. The highest BCUT2D eigenvalue weighted by atomic mass is 16.5. The molecule has 0 unspecified atom stereocenters. The van der Waals surface area contributed by atoms with Crippen LogP contribution in [0.5, 0.6) is 11.5 Å². The smallest absolute Gasteiger partial charge is 0.287 e. The average Bonchev–Trinajstić information content (AvgIpc) is 3.36. The van der Waals surface area contributed by atoms with Gasteiger partial charge in [0.2, 0.25) is 5.82 Å². The van der Waals surface area contributed by atoms with E-state index in [1.165, 1.54) is 0 Å². The van der Waals surface area contributed by atoms with Crippen LogP contribution in [0.4, 0.5) is 5.69 Å². The second-order valence-electron chi connectivity index (χ2n) is 7.29. The topological polar surface area (TPSA) is 115 Å². The zero-order chi connectivity index (χ0) is 20.7. The van der Waals surface area contributed by atoms with Crippen molar-refractivity contribution in [3.8, 4) is 28.6 Å². The number of aromatic hydroxyl groups is 1. The number of amides is 1. The van der Waals surface area contributed by atoms with Crippen LogP contribution in [0.25, 0.3) is 17.1 Å². The standard InChI is InChI=1S/C21H23N5O3/c1-11(2)15-10-16(18(27)14-8-9-23-17(14)15)20-24-25-21(19(22)28)26(20)12-4-6-13(29-3)7-5-12/h4-7,10-11,23,27H,8-9H2,1-3H3,(H2,22,28). The minimum Gasteiger partial charge on any atom is -0.507 e. The highest BCUT2D eigenvalue weighted by Gasteiger charge is 2.27. The number of nitrogens with one attached hydrogen (secondary N) is 1. The third kappa shape index (κ3) is 3.06. The minimum atomic E-state index is -0.703. The molecule has 0 fully saturated rings. The van der Waals surface area contributed by atoms with E-state index in [2.05, 4.69) is 29.4 Å². The first-order valence-electron chi connectivity index (χ1n) is 9.45. The molecule has 1 aromatic heterocycles. The number of fused-ring (bicyclic) bond motifs is 1. The highest BCUT2D eigenvalue weighted by Crippen LogP contribution is 2.44. The molecule has 0 saturated carbocycles. The van der Waals surface area contributed by atoms with Crippen molar-refractivity contribution in [1.82, 2.24) is 14.8 Å². The van der Waals surface area contributed by atoms with Crippen LogP contribution in [0.15, 0.2) is 30.3 Å². The summed E-state index contributed by atoms with van der Waals surface area (Å²) >= 11 is 0. The number of phenols is 1. The van der Waals surface area contributed by atoms with Crippen molar-refractivity contribution in [3.05, 3.63) is 47.3 Å². The number of ether oxygens (including phenoxy) is 1. The molecule has 0 radical (unpaired) electrons. The molecule has 8 nitrogen and oxygen atoms in total. The van der Waals surface area contributed by atoms with E-state index < -0.39 is 5.91 Å². The van der Waals surface area contributed by atoms with E-state index >= 15 is 0 Å². The lowest BCUT2D eigenvalue weighted by molar-refractivity contribution is 0.0988. The summed E-state index contributed by atoms with van der Waals surface area (Å²) in [6.07, 6.45) is 0.716. The van der Waals surface area contributed by atoms with Crippen LogP contribution in [0.3, 0.4) is 0 Å². The number of carbonyl (C=O) groups is 1. The van der Waals surface area contributed by atoms with E-state index in [1.54, 1.807) is 35.9 Å². The lowest BCUT2D eigenvalue weighted by Crippen LogP contribution is -2.18. The molecule has 1 aliphatic rings. The number of anilines is 1. The van der Waals surface area contributed by atoms with Crippen LogP contribution < -0.4 is 15.8 Å². The number of benzene rings is 2. The summed E-state index contributed by atoms with van der Waals surface area (Å²) in [4.78, 5) is 12.0. The monoisotopic (exact) mass is 393 g/mol.